The fourth-order valence-electron chi connectivity index (χ4n) is 0.810. The van der Waals surface area contributed by atoms with Crippen LogP contribution in [-0.2, 0) is 4.79 Å². The molecule has 1 aliphatic rings. The summed E-state index contributed by atoms with van der Waals surface area (Å²) in [5.41, 5.74) is 6.69. The highest BCUT2D eigenvalue weighted by Gasteiger charge is 1.99. The standard InChI is InChI=1S/C8H13N3O/c1-2-8(12)9-6-7-4-3-5-10-11-7/h3-5,10-11H,2,6H2,1H3,(H,9,12). The van der Waals surface area contributed by atoms with Gasteiger partial charge in [0.15, 0.2) is 0 Å². The fraction of sp³-hybridized carbons (Fsp3) is 0.375. The van der Waals surface area contributed by atoms with E-state index in [-0.39, 0.29) is 5.91 Å². The van der Waals surface area contributed by atoms with Crippen molar-refractivity contribution in [3.8, 4) is 0 Å². The van der Waals surface area contributed by atoms with Crippen LogP contribution in [0.2, 0.25) is 0 Å². The molecule has 4 nitrogen and oxygen atoms in total. The number of carbonyl (C=O) groups is 1. The molecule has 1 heterocycles. The molecule has 1 aliphatic heterocycles. The van der Waals surface area contributed by atoms with Crippen molar-refractivity contribution in [3.05, 3.63) is 24.0 Å². The van der Waals surface area contributed by atoms with Gasteiger partial charge in [0.2, 0.25) is 5.91 Å². The number of rotatable bonds is 3. The summed E-state index contributed by atoms with van der Waals surface area (Å²) in [4.78, 5) is 10.8. The van der Waals surface area contributed by atoms with Gasteiger partial charge < -0.3 is 16.2 Å². The number of carbonyl (C=O) groups excluding carboxylic acids is 1. The summed E-state index contributed by atoms with van der Waals surface area (Å²) in [6.07, 6.45) is 6.10. The molecule has 12 heavy (non-hydrogen) atoms. The molecule has 0 aromatic rings. The van der Waals surface area contributed by atoms with E-state index in [1.807, 2.05) is 19.1 Å². The smallest absolute Gasteiger partial charge is 0.220 e. The molecule has 0 unspecified atom stereocenters. The number of allylic oxidation sites excluding steroid dienone is 2. The second-order valence-corrected chi connectivity index (χ2v) is 2.45. The predicted molar refractivity (Wildman–Crippen MR) is 46.8 cm³/mol. The first kappa shape index (κ1) is 8.64. The van der Waals surface area contributed by atoms with E-state index in [0.717, 1.165) is 5.70 Å². The monoisotopic (exact) mass is 167 g/mol. The SMILES string of the molecule is CCC(=O)NCC1=CC=CNN1. The van der Waals surface area contributed by atoms with Gasteiger partial charge in [0.25, 0.3) is 0 Å². The van der Waals surface area contributed by atoms with Crippen LogP contribution in [0.5, 0.6) is 0 Å². The van der Waals surface area contributed by atoms with E-state index in [0.29, 0.717) is 13.0 Å². The molecule has 0 spiro atoms. The lowest BCUT2D eigenvalue weighted by Crippen LogP contribution is -2.35. The Hall–Kier alpha value is -1.45. The molecule has 1 amide bonds. The number of nitrogens with one attached hydrogen (secondary N) is 3. The molecule has 66 valence electrons. The normalized spacial score (nSPS) is 14.2. The van der Waals surface area contributed by atoms with Crippen molar-refractivity contribution >= 4 is 5.91 Å². The molecule has 0 aromatic carbocycles. The van der Waals surface area contributed by atoms with Gasteiger partial charge in [-0.2, -0.15) is 0 Å². The second kappa shape index (κ2) is 4.43. The molecule has 3 N–H and O–H groups in total. The second-order valence-electron chi connectivity index (χ2n) is 2.45. The zero-order valence-corrected chi connectivity index (χ0v) is 7.05. The highest BCUT2D eigenvalue weighted by molar-refractivity contribution is 5.75. The van der Waals surface area contributed by atoms with Gasteiger partial charge in [0.1, 0.15) is 0 Å². The topological polar surface area (TPSA) is 53.2 Å². The Morgan fingerprint density at radius 1 is 1.67 bits per heavy atom. The zero-order valence-electron chi connectivity index (χ0n) is 7.05. The predicted octanol–water partition coefficient (Wildman–Crippen LogP) is 0.0180. The lowest BCUT2D eigenvalue weighted by atomic mass is 10.3. The third-order valence-electron chi connectivity index (χ3n) is 1.51. The number of amides is 1. The van der Waals surface area contributed by atoms with Crippen LogP contribution in [0, 0.1) is 0 Å². The minimum Gasteiger partial charge on any atom is -0.350 e. The van der Waals surface area contributed by atoms with E-state index in [1.54, 1.807) is 6.20 Å². The lowest BCUT2D eigenvalue weighted by Gasteiger charge is -2.13. The maximum absolute atomic E-state index is 10.8. The highest BCUT2D eigenvalue weighted by atomic mass is 16.1. The molecule has 0 aromatic heterocycles. The van der Waals surface area contributed by atoms with Crippen molar-refractivity contribution in [2.24, 2.45) is 0 Å². The minimum absolute atomic E-state index is 0.0623. The Balaban J connectivity index is 2.27. The van der Waals surface area contributed by atoms with Gasteiger partial charge in [-0.05, 0) is 12.2 Å². The summed E-state index contributed by atoms with van der Waals surface area (Å²) < 4.78 is 0. The number of hydrogen-bond donors (Lipinski definition) is 3. The third-order valence-corrected chi connectivity index (χ3v) is 1.51. The van der Waals surface area contributed by atoms with Crippen molar-refractivity contribution in [2.45, 2.75) is 13.3 Å². The van der Waals surface area contributed by atoms with Crippen molar-refractivity contribution in [2.75, 3.05) is 6.54 Å². The van der Waals surface area contributed by atoms with E-state index >= 15 is 0 Å². The summed E-state index contributed by atoms with van der Waals surface area (Å²) in [5, 5.41) is 2.76. The molecule has 0 atom stereocenters. The Morgan fingerprint density at radius 2 is 2.50 bits per heavy atom. The average Bonchev–Trinajstić information content (AvgIpc) is 2.16. The molecule has 0 aliphatic carbocycles. The van der Waals surface area contributed by atoms with Crippen molar-refractivity contribution in [1.29, 1.82) is 0 Å². The van der Waals surface area contributed by atoms with Gasteiger partial charge in [0.05, 0.1) is 12.2 Å². The van der Waals surface area contributed by atoms with Gasteiger partial charge >= 0.3 is 0 Å². The molecule has 0 saturated carbocycles. The van der Waals surface area contributed by atoms with Gasteiger partial charge in [-0.1, -0.05) is 6.92 Å². The minimum atomic E-state index is 0.0623. The maximum Gasteiger partial charge on any atom is 0.220 e. The quantitative estimate of drug-likeness (QED) is 0.555. The first-order chi connectivity index (χ1) is 5.83. The molecule has 0 radical (unpaired) electrons. The first-order valence-corrected chi connectivity index (χ1v) is 3.97. The molecule has 4 heteroatoms. The van der Waals surface area contributed by atoms with E-state index in [4.69, 9.17) is 0 Å². The van der Waals surface area contributed by atoms with E-state index < -0.39 is 0 Å². The fourth-order valence-corrected chi connectivity index (χ4v) is 0.810. The van der Waals surface area contributed by atoms with E-state index in [9.17, 15) is 4.79 Å². The van der Waals surface area contributed by atoms with Gasteiger partial charge in [-0.15, -0.1) is 0 Å². The van der Waals surface area contributed by atoms with Crippen LogP contribution in [-0.4, -0.2) is 12.5 Å². The van der Waals surface area contributed by atoms with Gasteiger partial charge in [0, 0.05) is 12.6 Å². The molecule has 0 bridgehead atoms. The zero-order chi connectivity index (χ0) is 8.81. The Morgan fingerprint density at radius 3 is 3.08 bits per heavy atom. The average molecular weight is 167 g/mol. The van der Waals surface area contributed by atoms with Gasteiger partial charge in [-0.3, -0.25) is 4.79 Å². The Kier molecular flexibility index (Phi) is 3.19. The van der Waals surface area contributed by atoms with E-state index in [1.165, 1.54) is 0 Å². The molecular weight excluding hydrogens is 154 g/mol. The summed E-state index contributed by atoms with van der Waals surface area (Å²) in [7, 11) is 0. The third kappa shape index (κ3) is 2.65. The van der Waals surface area contributed by atoms with E-state index in [2.05, 4.69) is 16.2 Å². The van der Waals surface area contributed by atoms with Crippen LogP contribution >= 0.6 is 0 Å². The van der Waals surface area contributed by atoms with Crippen LogP contribution in [0.1, 0.15) is 13.3 Å². The molecule has 0 saturated heterocycles. The lowest BCUT2D eigenvalue weighted by molar-refractivity contribution is -0.120. The van der Waals surface area contributed by atoms with Crippen molar-refractivity contribution in [1.82, 2.24) is 16.2 Å². The maximum atomic E-state index is 10.8. The Bertz CT molecular complexity index is 220. The Labute approximate surface area is 71.7 Å². The van der Waals surface area contributed by atoms with Crippen LogP contribution < -0.4 is 16.2 Å². The van der Waals surface area contributed by atoms with Crippen LogP contribution in [0.25, 0.3) is 0 Å². The molecule has 0 fully saturated rings. The van der Waals surface area contributed by atoms with Crippen molar-refractivity contribution < 1.29 is 4.79 Å². The van der Waals surface area contributed by atoms with Crippen molar-refractivity contribution in [3.63, 3.8) is 0 Å². The highest BCUT2D eigenvalue weighted by Crippen LogP contribution is 1.90. The van der Waals surface area contributed by atoms with Gasteiger partial charge in [-0.25, -0.2) is 0 Å². The molecule has 1 rings (SSSR count). The number of hydrogen-bond acceptors (Lipinski definition) is 3. The molecular formula is C8H13N3O. The summed E-state index contributed by atoms with van der Waals surface area (Å²) in [6, 6.07) is 0. The first-order valence-electron chi connectivity index (χ1n) is 3.97. The van der Waals surface area contributed by atoms with Crippen LogP contribution in [0.4, 0.5) is 0 Å². The summed E-state index contributed by atoms with van der Waals surface area (Å²) in [6.45, 7) is 2.38. The largest absolute Gasteiger partial charge is 0.350 e. The number of hydrazine groups is 1. The summed E-state index contributed by atoms with van der Waals surface area (Å²) >= 11 is 0. The van der Waals surface area contributed by atoms with Crippen LogP contribution in [0.15, 0.2) is 24.0 Å². The summed E-state index contributed by atoms with van der Waals surface area (Å²) in [5.74, 6) is 0.0623. The van der Waals surface area contributed by atoms with Crippen LogP contribution in [0.3, 0.4) is 0 Å².